The molecule has 0 spiro atoms. The largest absolute Gasteiger partial charge is 0.465 e. The van der Waals surface area contributed by atoms with E-state index in [9.17, 15) is 4.79 Å². The molecule has 0 unspecified atom stereocenters. The minimum Gasteiger partial charge on any atom is -0.465 e. The van der Waals surface area contributed by atoms with Crippen LogP contribution in [0.15, 0.2) is 48.5 Å². The van der Waals surface area contributed by atoms with Crippen molar-refractivity contribution in [2.45, 2.75) is 0 Å². The summed E-state index contributed by atoms with van der Waals surface area (Å²) in [6, 6.07) is 15.0. The normalized spacial score (nSPS) is 10.5. The van der Waals surface area contributed by atoms with Crippen LogP contribution in [-0.2, 0) is 4.74 Å². The summed E-state index contributed by atoms with van der Waals surface area (Å²) < 4.78 is 5.50. The van der Waals surface area contributed by atoms with Crippen LogP contribution in [0.2, 0.25) is 0 Å². The van der Waals surface area contributed by atoms with Gasteiger partial charge in [-0.05, 0) is 18.2 Å². The number of carbonyl (C=O) groups is 1. The standard InChI is InChI=1S/C16H11NO2S2/c1-19-15(18)11-8-6-10(7-9-11)14-17-13-5-3-2-4-12(13)16(20)21-14/h2-9H,1H3. The Morgan fingerprint density at radius 2 is 1.86 bits per heavy atom. The average molecular weight is 313 g/mol. The molecule has 0 aliphatic carbocycles. The SMILES string of the molecule is COC(=O)c1ccc(-c2nc3ccccc3c(=S)s2)cc1. The summed E-state index contributed by atoms with van der Waals surface area (Å²) in [6.45, 7) is 0. The van der Waals surface area contributed by atoms with Crippen molar-refractivity contribution in [3.63, 3.8) is 0 Å². The second kappa shape index (κ2) is 5.71. The highest BCUT2D eigenvalue weighted by Crippen LogP contribution is 2.27. The Morgan fingerprint density at radius 1 is 1.14 bits per heavy atom. The lowest BCUT2D eigenvalue weighted by molar-refractivity contribution is 0.0601. The summed E-state index contributed by atoms with van der Waals surface area (Å²) in [5, 5.41) is 1.84. The van der Waals surface area contributed by atoms with Crippen LogP contribution in [0.4, 0.5) is 0 Å². The Hall–Kier alpha value is -2.11. The molecule has 0 bridgehead atoms. The molecular formula is C16H11NO2S2. The van der Waals surface area contributed by atoms with Crippen LogP contribution < -0.4 is 0 Å². The number of rotatable bonds is 2. The van der Waals surface area contributed by atoms with Gasteiger partial charge in [0.1, 0.15) is 8.83 Å². The Morgan fingerprint density at radius 3 is 2.57 bits per heavy atom. The second-order valence-electron chi connectivity index (χ2n) is 4.39. The molecule has 0 aliphatic heterocycles. The molecule has 0 saturated carbocycles. The van der Waals surface area contributed by atoms with Gasteiger partial charge in [-0.3, -0.25) is 0 Å². The van der Waals surface area contributed by atoms with Crippen LogP contribution in [0.1, 0.15) is 10.4 Å². The Kier molecular flexibility index (Phi) is 3.77. The lowest BCUT2D eigenvalue weighted by Gasteiger charge is -2.04. The number of ether oxygens (including phenoxy) is 1. The third-order valence-electron chi connectivity index (χ3n) is 3.09. The molecule has 5 heteroatoms. The van der Waals surface area contributed by atoms with E-state index < -0.39 is 0 Å². The van der Waals surface area contributed by atoms with Crippen molar-refractivity contribution >= 4 is 40.4 Å². The molecule has 0 amide bonds. The lowest BCUT2D eigenvalue weighted by Crippen LogP contribution is -2.00. The van der Waals surface area contributed by atoms with E-state index in [1.54, 1.807) is 12.1 Å². The average Bonchev–Trinajstić information content (AvgIpc) is 2.54. The Balaban J connectivity index is 2.08. The zero-order valence-electron chi connectivity index (χ0n) is 11.2. The molecule has 0 aliphatic rings. The molecule has 0 saturated heterocycles. The van der Waals surface area contributed by atoms with Crippen molar-refractivity contribution in [1.29, 1.82) is 0 Å². The first-order valence-corrected chi connectivity index (χ1v) is 7.50. The first-order chi connectivity index (χ1) is 10.2. The maximum atomic E-state index is 11.4. The van der Waals surface area contributed by atoms with E-state index in [0.29, 0.717) is 5.56 Å². The van der Waals surface area contributed by atoms with Gasteiger partial charge in [0.25, 0.3) is 0 Å². The van der Waals surface area contributed by atoms with E-state index in [4.69, 9.17) is 12.2 Å². The van der Waals surface area contributed by atoms with E-state index in [2.05, 4.69) is 9.72 Å². The fraction of sp³-hybridized carbons (Fsp3) is 0.0625. The number of fused-ring (bicyclic) bond motifs is 1. The molecule has 3 aromatic rings. The number of aromatic nitrogens is 1. The molecular weight excluding hydrogens is 302 g/mol. The first-order valence-electron chi connectivity index (χ1n) is 6.27. The zero-order valence-corrected chi connectivity index (χ0v) is 12.8. The minimum absolute atomic E-state index is 0.347. The molecule has 2 aromatic carbocycles. The fourth-order valence-corrected chi connectivity index (χ4v) is 3.27. The number of hydrogen-bond acceptors (Lipinski definition) is 5. The summed E-state index contributed by atoms with van der Waals surface area (Å²) in [5.41, 5.74) is 2.34. The molecule has 104 valence electrons. The third kappa shape index (κ3) is 2.70. The summed E-state index contributed by atoms with van der Waals surface area (Å²) in [5.74, 6) is -0.347. The maximum Gasteiger partial charge on any atom is 0.337 e. The number of nitrogens with zero attached hydrogens (tertiary/aromatic N) is 1. The lowest BCUT2D eigenvalue weighted by atomic mass is 10.1. The van der Waals surface area contributed by atoms with E-state index in [-0.39, 0.29) is 5.97 Å². The van der Waals surface area contributed by atoms with Crippen molar-refractivity contribution in [3.05, 3.63) is 57.9 Å². The maximum absolute atomic E-state index is 11.4. The zero-order chi connectivity index (χ0) is 14.8. The summed E-state index contributed by atoms with van der Waals surface area (Å²) in [7, 11) is 1.37. The Labute approximate surface area is 130 Å². The van der Waals surface area contributed by atoms with Gasteiger partial charge in [0.05, 0.1) is 18.2 Å². The van der Waals surface area contributed by atoms with Gasteiger partial charge in [-0.15, -0.1) is 11.3 Å². The van der Waals surface area contributed by atoms with Crippen molar-refractivity contribution in [3.8, 4) is 10.6 Å². The molecule has 0 fully saturated rings. The number of carbonyl (C=O) groups excluding carboxylic acids is 1. The highest BCUT2D eigenvalue weighted by molar-refractivity contribution is 7.74. The third-order valence-corrected chi connectivity index (χ3v) is 4.48. The van der Waals surface area contributed by atoms with Crippen LogP contribution in [0, 0.1) is 3.82 Å². The predicted molar refractivity (Wildman–Crippen MR) is 87.2 cm³/mol. The van der Waals surface area contributed by atoms with Gasteiger partial charge in [-0.25, -0.2) is 9.78 Å². The fourth-order valence-electron chi connectivity index (χ4n) is 2.01. The quantitative estimate of drug-likeness (QED) is 0.516. The summed E-state index contributed by atoms with van der Waals surface area (Å²) in [6.07, 6.45) is 0. The molecule has 21 heavy (non-hydrogen) atoms. The van der Waals surface area contributed by atoms with E-state index in [0.717, 1.165) is 25.3 Å². The summed E-state index contributed by atoms with van der Waals surface area (Å²) in [4.78, 5) is 16.1. The van der Waals surface area contributed by atoms with E-state index >= 15 is 0 Å². The number of para-hydroxylation sites is 1. The van der Waals surface area contributed by atoms with E-state index in [1.165, 1.54) is 18.4 Å². The second-order valence-corrected chi connectivity index (χ2v) is 6.06. The highest BCUT2D eigenvalue weighted by Gasteiger charge is 2.08. The van der Waals surface area contributed by atoms with Crippen LogP contribution in [-0.4, -0.2) is 18.1 Å². The monoisotopic (exact) mass is 313 g/mol. The van der Waals surface area contributed by atoms with Gasteiger partial charge in [-0.1, -0.05) is 42.5 Å². The molecule has 3 nitrogen and oxygen atoms in total. The minimum atomic E-state index is -0.347. The molecule has 1 aromatic heterocycles. The van der Waals surface area contributed by atoms with Gasteiger partial charge in [-0.2, -0.15) is 0 Å². The van der Waals surface area contributed by atoms with Gasteiger partial charge < -0.3 is 4.74 Å². The van der Waals surface area contributed by atoms with Crippen LogP contribution in [0.5, 0.6) is 0 Å². The number of methoxy groups -OCH3 is 1. The predicted octanol–water partition coefficient (Wildman–Crippen LogP) is 4.48. The smallest absolute Gasteiger partial charge is 0.337 e. The van der Waals surface area contributed by atoms with Crippen molar-refractivity contribution in [1.82, 2.24) is 4.98 Å². The van der Waals surface area contributed by atoms with Crippen molar-refractivity contribution in [2.75, 3.05) is 7.11 Å². The summed E-state index contributed by atoms with van der Waals surface area (Å²) >= 11 is 6.90. The molecule has 3 rings (SSSR count). The number of hydrogen-bond donors (Lipinski definition) is 0. The molecule has 0 N–H and O–H groups in total. The Bertz CT molecular complexity index is 869. The van der Waals surface area contributed by atoms with Crippen molar-refractivity contribution < 1.29 is 9.53 Å². The van der Waals surface area contributed by atoms with E-state index in [1.807, 2.05) is 36.4 Å². The molecule has 0 radical (unpaired) electrons. The number of esters is 1. The van der Waals surface area contributed by atoms with Crippen LogP contribution >= 0.6 is 23.6 Å². The van der Waals surface area contributed by atoms with Crippen molar-refractivity contribution in [2.24, 2.45) is 0 Å². The molecule has 0 atom stereocenters. The van der Waals surface area contributed by atoms with Gasteiger partial charge >= 0.3 is 5.97 Å². The highest BCUT2D eigenvalue weighted by atomic mass is 32.1. The van der Waals surface area contributed by atoms with Crippen LogP contribution in [0.3, 0.4) is 0 Å². The van der Waals surface area contributed by atoms with Crippen LogP contribution in [0.25, 0.3) is 21.5 Å². The van der Waals surface area contributed by atoms with Gasteiger partial charge in [0.2, 0.25) is 0 Å². The van der Waals surface area contributed by atoms with Gasteiger partial charge in [0, 0.05) is 10.9 Å². The molecule has 1 heterocycles. The first kappa shape index (κ1) is 13.9. The van der Waals surface area contributed by atoms with Gasteiger partial charge in [0.15, 0.2) is 0 Å². The number of benzene rings is 2. The topological polar surface area (TPSA) is 39.2 Å².